The molecule has 4 rings (SSSR count). The molecule has 3 aromatic rings. The Kier molecular flexibility index (Phi) is 8.62. The Bertz CT molecular complexity index is 1550. The maximum absolute atomic E-state index is 15.2. The van der Waals surface area contributed by atoms with Crippen LogP contribution in [0.4, 0.5) is 40.8 Å². The van der Waals surface area contributed by atoms with Crippen molar-refractivity contribution >= 4 is 23.4 Å². The molecule has 0 bridgehead atoms. The standard InChI is InChI=1S/C22H18F8N8O4S/c23-15-5-10(20(24,25)21(26,27)22(28,29)30)8-32-16(15)13-6-12(38(41)42)7-14(18(31)40)17(13)43-19-33-34-35-37(19)11-1-2-36(9-11)3-4-39/h5-8,11,39H,1-4,9H2,(H2,31,40). The second-order valence-corrected chi connectivity index (χ2v) is 10.1. The van der Waals surface area contributed by atoms with Gasteiger partial charge in [-0.3, -0.25) is 24.8 Å². The normalized spacial score (nSPS) is 16.5. The van der Waals surface area contributed by atoms with Crippen LogP contribution in [0.3, 0.4) is 0 Å². The number of aliphatic hydroxyl groups excluding tert-OH is 1. The van der Waals surface area contributed by atoms with Gasteiger partial charge < -0.3 is 10.8 Å². The SMILES string of the molecule is NC(=O)c1cc([N+](=O)[O-])cc(-c2ncc(C(F)(F)C(F)(F)C(F)(F)F)cc2F)c1Sc1nnnn1C1CCN(CCO)C1. The minimum absolute atomic E-state index is 0.0400. The lowest BCUT2D eigenvalue weighted by Crippen LogP contribution is -2.50. The molecule has 0 saturated carbocycles. The van der Waals surface area contributed by atoms with E-state index in [9.17, 15) is 50.7 Å². The first-order valence-corrected chi connectivity index (χ1v) is 12.7. The summed E-state index contributed by atoms with van der Waals surface area (Å²) in [7, 11) is 0. The van der Waals surface area contributed by atoms with Crippen molar-refractivity contribution in [3.05, 3.63) is 51.5 Å². The molecule has 0 spiro atoms. The third-order valence-corrected chi connectivity index (χ3v) is 7.52. The average Bonchev–Trinajstić information content (AvgIpc) is 3.57. The van der Waals surface area contributed by atoms with E-state index in [1.54, 1.807) is 0 Å². The molecule has 1 unspecified atom stereocenters. The summed E-state index contributed by atoms with van der Waals surface area (Å²) in [4.78, 5) is 27.7. The summed E-state index contributed by atoms with van der Waals surface area (Å²) in [5.74, 6) is -15.7. The maximum atomic E-state index is 15.2. The summed E-state index contributed by atoms with van der Waals surface area (Å²) >= 11 is 0.557. The van der Waals surface area contributed by atoms with Gasteiger partial charge in [0.05, 0.1) is 23.1 Å². The molecule has 1 aliphatic rings. The van der Waals surface area contributed by atoms with Gasteiger partial charge in [0.2, 0.25) is 11.1 Å². The predicted molar refractivity (Wildman–Crippen MR) is 129 cm³/mol. The molecule has 21 heteroatoms. The number of nitrogens with zero attached hydrogens (tertiary/aromatic N) is 7. The minimum Gasteiger partial charge on any atom is -0.395 e. The molecule has 1 amide bonds. The number of pyridine rings is 1. The number of benzene rings is 1. The zero-order chi connectivity index (χ0) is 31.9. The van der Waals surface area contributed by atoms with Crippen LogP contribution in [0.25, 0.3) is 11.3 Å². The molecule has 12 nitrogen and oxygen atoms in total. The lowest BCUT2D eigenvalue weighted by molar-refractivity contribution is -0.384. The zero-order valence-electron chi connectivity index (χ0n) is 21.2. The third-order valence-electron chi connectivity index (χ3n) is 6.42. The quantitative estimate of drug-likeness (QED) is 0.190. The summed E-state index contributed by atoms with van der Waals surface area (Å²) in [5, 5.41) is 32.0. The first kappa shape index (κ1) is 31.9. The number of alkyl halides is 7. The number of likely N-dealkylation sites (tertiary alicyclic amines) is 1. The van der Waals surface area contributed by atoms with E-state index in [4.69, 9.17) is 5.73 Å². The number of non-ortho nitro benzene ring substituents is 1. The molecule has 43 heavy (non-hydrogen) atoms. The number of halogens is 8. The molecule has 2 aromatic heterocycles. The summed E-state index contributed by atoms with van der Waals surface area (Å²) in [5.41, 5.74) is 0.209. The zero-order valence-corrected chi connectivity index (χ0v) is 22.1. The van der Waals surface area contributed by atoms with E-state index in [-0.39, 0.29) is 35.0 Å². The fourth-order valence-corrected chi connectivity index (χ4v) is 5.36. The number of aromatic nitrogens is 5. The van der Waals surface area contributed by atoms with Crippen LogP contribution in [0.1, 0.15) is 28.4 Å². The third kappa shape index (κ3) is 5.95. The number of nitrogens with two attached hydrogens (primary N) is 1. The van der Waals surface area contributed by atoms with Crippen LogP contribution < -0.4 is 5.73 Å². The molecule has 1 aliphatic heterocycles. The van der Waals surface area contributed by atoms with Crippen molar-refractivity contribution in [1.29, 1.82) is 0 Å². The number of aliphatic hydroxyl groups is 1. The number of nitro benzene ring substituents is 1. The van der Waals surface area contributed by atoms with Crippen LogP contribution in [0.2, 0.25) is 0 Å². The Labute approximate surface area is 239 Å². The molecule has 3 N–H and O–H groups in total. The van der Waals surface area contributed by atoms with Gasteiger partial charge in [-0.25, -0.2) is 9.07 Å². The molecule has 0 aliphatic carbocycles. The van der Waals surface area contributed by atoms with E-state index in [1.165, 1.54) is 4.68 Å². The van der Waals surface area contributed by atoms with Crippen molar-refractivity contribution < 1.29 is 49.9 Å². The van der Waals surface area contributed by atoms with Gasteiger partial charge in [-0.1, -0.05) is 0 Å². The molecule has 1 saturated heterocycles. The van der Waals surface area contributed by atoms with Gasteiger partial charge in [0, 0.05) is 54.0 Å². The van der Waals surface area contributed by atoms with Crippen molar-refractivity contribution in [2.24, 2.45) is 5.73 Å². The van der Waals surface area contributed by atoms with Crippen LogP contribution in [0.15, 0.2) is 34.4 Å². The Morgan fingerprint density at radius 3 is 2.47 bits per heavy atom. The Morgan fingerprint density at radius 2 is 1.88 bits per heavy atom. The van der Waals surface area contributed by atoms with Gasteiger partial charge in [0.25, 0.3) is 5.69 Å². The lowest BCUT2D eigenvalue weighted by Gasteiger charge is -2.28. The maximum Gasteiger partial charge on any atom is 0.460 e. The van der Waals surface area contributed by atoms with Gasteiger partial charge >= 0.3 is 18.0 Å². The summed E-state index contributed by atoms with van der Waals surface area (Å²) in [6.07, 6.45) is -6.33. The van der Waals surface area contributed by atoms with Crippen LogP contribution in [0.5, 0.6) is 0 Å². The predicted octanol–water partition coefficient (Wildman–Crippen LogP) is 3.56. The largest absolute Gasteiger partial charge is 0.460 e. The van der Waals surface area contributed by atoms with Crippen LogP contribution in [-0.4, -0.2) is 84.4 Å². The number of primary amides is 1. The van der Waals surface area contributed by atoms with Crippen LogP contribution in [0, 0.1) is 15.9 Å². The lowest BCUT2D eigenvalue weighted by atomic mass is 10.0. The van der Waals surface area contributed by atoms with E-state index in [2.05, 4.69) is 20.5 Å². The highest BCUT2D eigenvalue weighted by atomic mass is 32.2. The number of amides is 1. The fraction of sp³-hybridized carbons (Fsp3) is 0.409. The Balaban J connectivity index is 1.84. The summed E-state index contributed by atoms with van der Waals surface area (Å²) < 4.78 is 110. The number of hydrogen-bond donors (Lipinski definition) is 2. The highest BCUT2D eigenvalue weighted by molar-refractivity contribution is 7.99. The van der Waals surface area contributed by atoms with E-state index in [0.29, 0.717) is 43.9 Å². The number of β-amino-alcohol motifs (C(OH)–C–C–N with tert-alkyl or cyclic N) is 1. The number of carbonyl (C=O) groups is 1. The minimum atomic E-state index is -6.70. The van der Waals surface area contributed by atoms with E-state index in [0.717, 1.165) is 6.07 Å². The molecular formula is C22H18F8N8O4S. The van der Waals surface area contributed by atoms with Crippen LogP contribution >= 0.6 is 11.8 Å². The number of tetrazole rings is 1. The van der Waals surface area contributed by atoms with E-state index >= 15 is 4.39 Å². The number of hydrogen-bond acceptors (Lipinski definition) is 10. The first-order chi connectivity index (χ1) is 20.0. The van der Waals surface area contributed by atoms with Crippen molar-refractivity contribution in [1.82, 2.24) is 30.1 Å². The topological polar surface area (TPSA) is 166 Å². The first-order valence-electron chi connectivity index (χ1n) is 11.9. The molecule has 1 fully saturated rings. The van der Waals surface area contributed by atoms with Gasteiger partial charge in [-0.05, 0) is 34.7 Å². The molecule has 1 atom stereocenters. The second-order valence-electron chi connectivity index (χ2n) is 9.17. The summed E-state index contributed by atoms with van der Waals surface area (Å²) in [6.45, 7) is 1.19. The van der Waals surface area contributed by atoms with E-state index < -0.39 is 62.7 Å². The van der Waals surface area contributed by atoms with E-state index in [1.807, 2.05) is 4.90 Å². The second kappa shape index (κ2) is 11.6. The van der Waals surface area contributed by atoms with Crippen molar-refractivity contribution in [3.63, 3.8) is 0 Å². The monoisotopic (exact) mass is 642 g/mol. The van der Waals surface area contributed by atoms with Gasteiger partial charge in [-0.15, -0.1) is 5.10 Å². The van der Waals surface area contributed by atoms with Gasteiger partial charge in [-0.2, -0.15) is 30.7 Å². The smallest absolute Gasteiger partial charge is 0.395 e. The van der Waals surface area contributed by atoms with Gasteiger partial charge in [0.1, 0.15) is 11.5 Å². The fourth-order valence-electron chi connectivity index (χ4n) is 4.28. The van der Waals surface area contributed by atoms with Crippen molar-refractivity contribution in [2.45, 2.75) is 40.5 Å². The number of nitro groups is 1. The highest BCUT2D eigenvalue weighted by Crippen LogP contribution is 2.52. The van der Waals surface area contributed by atoms with Crippen molar-refractivity contribution in [2.75, 3.05) is 26.2 Å². The Morgan fingerprint density at radius 1 is 1.19 bits per heavy atom. The number of rotatable bonds is 10. The molecular weight excluding hydrogens is 624 g/mol. The van der Waals surface area contributed by atoms with Gasteiger partial charge in [0.15, 0.2) is 0 Å². The Hall–Kier alpha value is -3.98. The molecule has 232 valence electrons. The molecule has 0 radical (unpaired) electrons. The summed E-state index contributed by atoms with van der Waals surface area (Å²) in [6, 6.07) is 0.729. The number of carbonyl (C=O) groups excluding carboxylic acids is 1. The molecule has 3 heterocycles. The molecule has 1 aromatic carbocycles. The van der Waals surface area contributed by atoms with Crippen molar-refractivity contribution in [3.8, 4) is 11.3 Å². The highest BCUT2D eigenvalue weighted by Gasteiger charge is 2.73. The average molecular weight is 642 g/mol. The van der Waals surface area contributed by atoms with Crippen LogP contribution in [-0.2, 0) is 5.92 Å².